The number of carbonyl (C=O) groups excluding carboxylic acids is 2. The van der Waals surface area contributed by atoms with Gasteiger partial charge < -0.3 is 14.4 Å². The third-order valence-corrected chi connectivity index (χ3v) is 12.6. The molecule has 0 spiro atoms. The molecule has 2 amide bonds. The van der Waals surface area contributed by atoms with E-state index in [4.69, 9.17) is 26.1 Å². The zero-order chi connectivity index (χ0) is 35.6. The molecule has 1 N–H and O–H groups in total. The van der Waals surface area contributed by atoms with Crippen LogP contribution >= 0.6 is 11.6 Å². The Balaban J connectivity index is 1.47. The van der Waals surface area contributed by atoms with Crippen LogP contribution in [0.1, 0.15) is 84.3 Å². The van der Waals surface area contributed by atoms with Gasteiger partial charge in [-0.1, -0.05) is 50.6 Å². The van der Waals surface area contributed by atoms with E-state index in [0.29, 0.717) is 54.5 Å². The molecule has 3 aliphatic rings. The summed E-state index contributed by atoms with van der Waals surface area (Å²) in [6.45, 7) is 7.93. The SMILES string of the molecule is CO[C@H]1/C=C/C[C@H](C)CS(=O)(NC(=O)c2cnn(C)c2)=NC(=O)c2ccc3c(n2)N(Cc2ccc(Cl)cc2[C@H]2CC[C@H]2CCO3)C[C@H](C)[C@H]1C. The van der Waals surface area contributed by atoms with Gasteiger partial charge in [0.15, 0.2) is 11.6 Å². The number of methoxy groups -OCH3 is 1. The molecule has 0 radical (unpaired) electrons. The van der Waals surface area contributed by atoms with Crippen molar-refractivity contribution in [3.05, 3.63) is 82.3 Å². The van der Waals surface area contributed by atoms with Gasteiger partial charge in [-0.3, -0.25) is 19.0 Å². The molecule has 2 bridgehead atoms. The Hall–Kier alpha value is -3.74. The van der Waals surface area contributed by atoms with Crippen molar-refractivity contribution in [2.45, 2.75) is 65.0 Å². The van der Waals surface area contributed by atoms with Crippen molar-refractivity contribution in [2.75, 3.05) is 30.9 Å². The van der Waals surface area contributed by atoms with E-state index < -0.39 is 21.7 Å². The van der Waals surface area contributed by atoms with E-state index in [1.54, 1.807) is 26.3 Å². The van der Waals surface area contributed by atoms with Gasteiger partial charge in [0, 0.05) is 38.5 Å². The zero-order valence-corrected chi connectivity index (χ0v) is 31.0. The average Bonchev–Trinajstić information content (AvgIpc) is 3.50. The minimum Gasteiger partial charge on any atom is -0.490 e. The maximum absolute atomic E-state index is 14.4. The van der Waals surface area contributed by atoms with Crippen molar-refractivity contribution < 1.29 is 23.3 Å². The Morgan fingerprint density at radius 2 is 1.96 bits per heavy atom. The van der Waals surface area contributed by atoms with Gasteiger partial charge >= 0.3 is 5.91 Å². The number of benzene rings is 1. The van der Waals surface area contributed by atoms with Gasteiger partial charge in [0.25, 0.3) is 5.91 Å². The van der Waals surface area contributed by atoms with Gasteiger partial charge in [-0.25, -0.2) is 9.19 Å². The molecule has 1 saturated carbocycles. The van der Waals surface area contributed by atoms with E-state index >= 15 is 0 Å². The Bertz CT molecular complexity index is 1890. The lowest BCUT2D eigenvalue weighted by Crippen LogP contribution is -2.36. The minimum atomic E-state index is -3.58. The monoisotopic (exact) mass is 722 g/mol. The van der Waals surface area contributed by atoms with E-state index in [0.717, 1.165) is 24.8 Å². The van der Waals surface area contributed by atoms with Crippen LogP contribution in [-0.4, -0.2) is 62.9 Å². The lowest BCUT2D eigenvalue weighted by Gasteiger charge is -2.38. The maximum atomic E-state index is 14.4. The fraction of sp³-hybridized carbons (Fsp3) is 0.514. The van der Waals surface area contributed by atoms with E-state index in [1.165, 1.54) is 22.6 Å². The summed E-state index contributed by atoms with van der Waals surface area (Å²) in [7, 11) is -0.182. The summed E-state index contributed by atoms with van der Waals surface area (Å²) in [4.78, 5) is 34.2. The summed E-state index contributed by atoms with van der Waals surface area (Å²) >= 11 is 6.57. The van der Waals surface area contributed by atoms with Crippen LogP contribution in [0.3, 0.4) is 0 Å². The number of ether oxygens (including phenoxy) is 2. The maximum Gasteiger partial charge on any atom is 0.305 e. The van der Waals surface area contributed by atoms with Crippen molar-refractivity contribution in [3.8, 4) is 5.75 Å². The molecule has 11 nitrogen and oxygen atoms in total. The number of nitrogens with zero attached hydrogens (tertiary/aromatic N) is 5. The molecule has 4 heterocycles. The van der Waals surface area contributed by atoms with Crippen LogP contribution in [0.5, 0.6) is 5.75 Å². The van der Waals surface area contributed by atoms with Crippen molar-refractivity contribution >= 4 is 39.1 Å². The smallest absolute Gasteiger partial charge is 0.305 e. The minimum absolute atomic E-state index is 0.0158. The standard InChI is InChI=1S/C37H47ClN6O5S/c1-23-7-6-8-33(48-5)25(3)24(2)19-44-21-27-9-11-29(38)17-31(27)30-12-10-26(30)15-16-49-34-14-13-32(40-35(34)44)37(46)42-50(47,22-23)41-36(45)28-18-39-43(4)20-28/h6,8-9,11,13-14,17-18,20,23-26,30,33H,7,10,12,15-16,19,21-22H2,1-5H3,(H,41,42,45,46,47)/b8-6+/t23-,24-,25+,26-,30-,33-,50?/m0/s1. The lowest BCUT2D eigenvalue weighted by atomic mass is 9.67. The number of carbonyl (C=O) groups is 2. The highest BCUT2D eigenvalue weighted by molar-refractivity contribution is 7.92. The molecule has 7 atom stereocenters. The summed E-state index contributed by atoms with van der Waals surface area (Å²) in [5.41, 5.74) is 2.64. The highest BCUT2D eigenvalue weighted by atomic mass is 35.5. The Morgan fingerprint density at radius 1 is 1.14 bits per heavy atom. The molecular weight excluding hydrogens is 676 g/mol. The number of nitrogens with one attached hydrogen (secondary N) is 1. The third-order valence-electron chi connectivity index (χ3n) is 10.4. The number of halogens is 1. The third kappa shape index (κ3) is 8.08. The highest BCUT2D eigenvalue weighted by Crippen LogP contribution is 2.47. The normalized spacial score (nSPS) is 29.6. The number of pyridine rings is 1. The number of aromatic nitrogens is 3. The molecule has 268 valence electrons. The van der Waals surface area contributed by atoms with E-state index in [1.807, 2.05) is 19.1 Å². The summed E-state index contributed by atoms with van der Waals surface area (Å²) < 4.78 is 35.1. The highest BCUT2D eigenvalue weighted by Gasteiger charge is 2.35. The number of anilines is 1. The zero-order valence-electron chi connectivity index (χ0n) is 29.4. The summed E-state index contributed by atoms with van der Waals surface area (Å²) in [6, 6.07) is 9.46. The van der Waals surface area contributed by atoms with Gasteiger partial charge in [-0.05, 0) is 90.7 Å². The van der Waals surface area contributed by atoms with Crippen molar-refractivity contribution in [3.63, 3.8) is 0 Å². The van der Waals surface area contributed by atoms with Crippen LogP contribution in [0, 0.1) is 23.7 Å². The first-order valence-electron chi connectivity index (χ1n) is 17.4. The number of hydrogen-bond acceptors (Lipinski definition) is 8. The van der Waals surface area contributed by atoms with Gasteiger partial charge in [-0.15, -0.1) is 4.36 Å². The largest absolute Gasteiger partial charge is 0.490 e. The number of hydrogen-bond donors (Lipinski definition) is 1. The fourth-order valence-electron chi connectivity index (χ4n) is 7.25. The van der Waals surface area contributed by atoms with Crippen molar-refractivity contribution in [1.82, 2.24) is 19.5 Å². The lowest BCUT2D eigenvalue weighted by molar-refractivity contribution is 0.0745. The van der Waals surface area contributed by atoms with Crippen molar-refractivity contribution in [1.29, 1.82) is 0 Å². The molecule has 1 aromatic carbocycles. The molecule has 1 fully saturated rings. The molecule has 2 aromatic heterocycles. The van der Waals surface area contributed by atoms with Crippen LogP contribution in [0.15, 0.2) is 59.2 Å². The Kier molecular flexibility index (Phi) is 11.0. The van der Waals surface area contributed by atoms with Gasteiger partial charge in [-0.2, -0.15) is 5.10 Å². The second-order valence-corrected chi connectivity index (χ2v) is 16.6. The Morgan fingerprint density at radius 3 is 2.68 bits per heavy atom. The average molecular weight is 723 g/mol. The molecule has 2 aliphatic heterocycles. The molecule has 6 rings (SSSR count). The second-order valence-electron chi connectivity index (χ2n) is 14.2. The van der Waals surface area contributed by atoms with E-state index in [9.17, 15) is 13.8 Å². The topological polar surface area (TPSA) is 128 Å². The molecule has 13 heteroatoms. The predicted molar refractivity (Wildman–Crippen MR) is 195 cm³/mol. The van der Waals surface area contributed by atoms with Gasteiger partial charge in [0.2, 0.25) is 0 Å². The predicted octanol–water partition coefficient (Wildman–Crippen LogP) is 6.59. The second kappa shape index (κ2) is 15.2. The Labute approximate surface area is 300 Å². The quantitative estimate of drug-likeness (QED) is 0.300. The van der Waals surface area contributed by atoms with Crippen molar-refractivity contribution in [2.24, 2.45) is 35.1 Å². The summed E-state index contributed by atoms with van der Waals surface area (Å²) in [5.74, 6) is 0.612. The van der Waals surface area contributed by atoms with Gasteiger partial charge in [0.05, 0.1) is 30.2 Å². The van der Waals surface area contributed by atoms with E-state index in [2.05, 4.69) is 51.1 Å². The first kappa shape index (κ1) is 36.1. The fourth-order valence-corrected chi connectivity index (χ4v) is 9.31. The molecule has 0 saturated heterocycles. The number of rotatable bonds is 3. The van der Waals surface area contributed by atoms with Crippen LogP contribution < -0.4 is 14.4 Å². The first-order chi connectivity index (χ1) is 23.9. The van der Waals surface area contributed by atoms with Crippen LogP contribution in [0.4, 0.5) is 5.82 Å². The number of fused-ring (bicyclic) bond motifs is 4. The molecule has 50 heavy (non-hydrogen) atoms. The van der Waals surface area contributed by atoms with Crippen LogP contribution in [0.2, 0.25) is 5.02 Å². The number of allylic oxidation sites excluding steroid dienone is 1. The summed E-state index contributed by atoms with van der Waals surface area (Å²) in [6.07, 6.45) is 10.5. The van der Waals surface area contributed by atoms with Gasteiger partial charge in [0.1, 0.15) is 15.6 Å². The van der Waals surface area contributed by atoms with Crippen LogP contribution in [-0.2, 0) is 28.2 Å². The molecule has 1 unspecified atom stereocenters. The van der Waals surface area contributed by atoms with E-state index in [-0.39, 0.29) is 40.9 Å². The van der Waals surface area contributed by atoms with Crippen LogP contribution in [0.25, 0.3) is 0 Å². The molecule has 1 aliphatic carbocycles. The first-order valence-corrected chi connectivity index (χ1v) is 19.5. The number of amides is 2. The molecular formula is C37H47ClN6O5S. The molecule has 3 aromatic rings. The number of aryl methyl sites for hydroxylation is 1. The summed E-state index contributed by atoms with van der Waals surface area (Å²) in [5, 5.41) is 4.76.